The van der Waals surface area contributed by atoms with Gasteiger partial charge in [-0.1, -0.05) is 27.7 Å². The minimum atomic E-state index is -0.822. The fourth-order valence-electron chi connectivity index (χ4n) is 2.31. The zero-order chi connectivity index (χ0) is 14.4. The molecule has 108 valence electrons. The van der Waals surface area contributed by atoms with Crippen LogP contribution in [0, 0.1) is 5.92 Å². The second-order valence-electron chi connectivity index (χ2n) is 5.30. The highest BCUT2D eigenvalue weighted by atomic mass is 16.4. The van der Waals surface area contributed by atoms with E-state index in [1.54, 1.807) is 6.07 Å². The lowest BCUT2D eigenvalue weighted by Gasteiger charge is -2.20. The molecule has 0 bridgehead atoms. The summed E-state index contributed by atoms with van der Waals surface area (Å²) in [5, 5.41) is 9.24. The van der Waals surface area contributed by atoms with E-state index in [-0.39, 0.29) is 0 Å². The molecule has 0 aliphatic carbocycles. The second-order valence-corrected chi connectivity index (χ2v) is 5.30. The average Bonchev–Trinajstić information content (AvgIpc) is 2.73. The number of carbonyl (C=O) groups is 1. The molecule has 0 aliphatic rings. The summed E-state index contributed by atoms with van der Waals surface area (Å²) in [7, 11) is 0. The first-order valence-electron chi connectivity index (χ1n) is 7.13. The van der Waals surface area contributed by atoms with E-state index in [9.17, 15) is 9.90 Å². The van der Waals surface area contributed by atoms with Crippen molar-refractivity contribution in [2.75, 3.05) is 19.6 Å². The van der Waals surface area contributed by atoms with E-state index in [2.05, 4.69) is 37.2 Å². The van der Waals surface area contributed by atoms with Gasteiger partial charge in [0.15, 0.2) is 0 Å². The van der Waals surface area contributed by atoms with Gasteiger partial charge in [-0.15, -0.1) is 0 Å². The molecule has 19 heavy (non-hydrogen) atoms. The predicted molar refractivity (Wildman–Crippen MR) is 77.7 cm³/mol. The van der Waals surface area contributed by atoms with Crippen molar-refractivity contribution in [3.8, 4) is 0 Å². The van der Waals surface area contributed by atoms with Crippen molar-refractivity contribution in [3.05, 3.63) is 23.5 Å². The van der Waals surface area contributed by atoms with Gasteiger partial charge in [0.05, 0.1) is 5.56 Å². The van der Waals surface area contributed by atoms with Gasteiger partial charge < -0.3 is 14.6 Å². The third-order valence-electron chi connectivity index (χ3n) is 3.46. The first kappa shape index (κ1) is 15.8. The van der Waals surface area contributed by atoms with Crippen LogP contribution in [-0.2, 0) is 13.0 Å². The molecule has 0 radical (unpaired) electrons. The molecule has 0 amide bonds. The van der Waals surface area contributed by atoms with Crippen LogP contribution in [0.4, 0.5) is 0 Å². The van der Waals surface area contributed by atoms with Gasteiger partial charge in [0.25, 0.3) is 0 Å². The molecule has 0 aliphatic heterocycles. The van der Waals surface area contributed by atoms with Crippen LogP contribution < -0.4 is 0 Å². The lowest BCUT2D eigenvalue weighted by molar-refractivity contribution is 0.0695. The molecule has 0 unspecified atom stereocenters. The third-order valence-corrected chi connectivity index (χ3v) is 3.46. The fraction of sp³-hybridized carbons (Fsp3) is 0.667. The summed E-state index contributed by atoms with van der Waals surface area (Å²) < 4.78 is 2.10. The summed E-state index contributed by atoms with van der Waals surface area (Å²) in [5.74, 6) is -0.363. The zero-order valence-electron chi connectivity index (χ0n) is 12.5. The number of hydrogen-bond donors (Lipinski definition) is 1. The molecule has 0 saturated heterocycles. The van der Waals surface area contributed by atoms with Crippen LogP contribution in [-0.4, -0.2) is 40.2 Å². The highest BCUT2D eigenvalue weighted by Crippen LogP contribution is 2.16. The van der Waals surface area contributed by atoms with Gasteiger partial charge in [-0.2, -0.15) is 0 Å². The van der Waals surface area contributed by atoms with Gasteiger partial charge in [-0.3, -0.25) is 0 Å². The van der Waals surface area contributed by atoms with Gasteiger partial charge >= 0.3 is 5.97 Å². The highest BCUT2D eigenvalue weighted by molar-refractivity contribution is 5.89. The van der Waals surface area contributed by atoms with Crippen LogP contribution in [0.15, 0.2) is 12.3 Å². The van der Waals surface area contributed by atoms with Crippen LogP contribution in [0.5, 0.6) is 0 Å². The quantitative estimate of drug-likeness (QED) is 0.787. The van der Waals surface area contributed by atoms with Crippen molar-refractivity contribution in [2.45, 2.75) is 40.7 Å². The largest absolute Gasteiger partial charge is 0.478 e. The highest BCUT2D eigenvalue weighted by Gasteiger charge is 2.16. The van der Waals surface area contributed by atoms with E-state index in [1.807, 2.05) is 6.20 Å². The number of carboxylic acid groups (broad SMARTS) is 1. The Balaban J connectivity index is 2.84. The molecule has 1 heterocycles. The van der Waals surface area contributed by atoms with Crippen molar-refractivity contribution < 1.29 is 9.90 Å². The number of hydrogen-bond acceptors (Lipinski definition) is 2. The molecule has 0 atom stereocenters. The van der Waals surface area contributed by atoms with Crippen molar-refractivity contribution in [2.24, 2.45) is 5.92 Å². The summed E-state index contributed by atoms with van der Waals surface area (Å²) in [6, 6.07) is 1.72. The van der Waals surface area contributed by atoms with Crippen LogP contribution in [0.1, 0.15) is 43.7 Å². The first-order valence-corrected chi connectivity index (χ1v) is 7.13. The van der Waals surface area contributed by atoms with E-state index < -0.39 is 5.97 Å². The van der Waals surface area contributed by atoms with E-state index in [0.29, 0.717) is 11.5 Å². The SMILES string of the molecule is CCN(CC)CCn1ccc(C(=O)O)c1CC(C)C. The Morgan fingerprint density at radius 3 is 2.47 bits per heavy atom. The molecule has 0 fully saturated rings. The van der Waals surface area contributed by atoms with Gasteiger partial charge in [0, 0.05) is 25.0 Å². The monoisotopic (exact) mass is 266 g/mol. The second kappa shape index (κ2) is 7.34. The van der Waals surface area contributed by atoms with Crippen molar-refractivity contribution in [1.82, 2.24) is 9.47 Å². The molecule has 0 saturated carbocycles. The molecule has 0 aromatic carbocycles. The van der Waals surface area contributed by atoms with Crippen LogP contribution >= 0.6 is 0 Å². The molecule has 1 aromatic rings. The normalized spacial score (nSPS) is 11.5. The lowest BCUT2D eigenvalue weighted by atomic mass is 10.0. The van der Waals surface area contributed by atoms with Crippen molar-refractivity contribution >= 4 is 5.97 Å². The lowest BCUT2D eigenvalue weighted by Crippen LogP contribution is -2.27. The van der Waals surface area contributed by atoms with E-state index >= 15 is 0 Å². The minimum Gasteiger partial charge on any atom is -0.478 e. The van der Waals surface area contributed by atoms with E-state index in [0.717, 1.165) is 38.3 Å². The van der Waals surface area contributed by atoms with Crippen LogP contribution in [0.2, 0.25) is 0 Å². The first-order chi connectivity index (χ1) is 8.99. The summed E-state index contributed by atoms with van der Waals surface area (Å²) in [5.41, 5.74) is 1.41. The Morgan fingerprint density at radius 2 is 2.00 bits per heavy atom. The zero-order valence-corrected chi connectivity index (χ0v) is 12.5. The van der Waals surface area contributed by atoms with Crippen LogP contribution in [0.3, 0.4) is 0 Å². The summed E-state index contributed by atoms with van der Waals surface area (Å²) in [6.45, 7) is 12.4. The minimum absolute atomic E-state index is 0.452. The number of aromatic carboxylic acids is 1. The summed E-state index contributed by atoms with van der Waals surface area (Å²) >= 11 is 0. The maximum absolute atomic E-state index is 11.2. The van der Waals surface area contributed by atoms with Crippen molar-refractivity contribution in [3.63, 3.8) is 0 Å². The maximum Gasteiger partial charge on any atom is 0.337 e. The Hall–Kier alpha value is -1.29. The van der Waals surface area contributed by atoms with Gasteiger partial charge in [-0.05, 0) is 31.5 Å². The molecule has 1 rings (SSSR count). The number of nitrogens with zero attached hydrogens (tertiary/aromatic N) is 2. The Labute approximate surface area is 116 Å². The molecule has 1 N–H and O–H groups in total. The Kier molecular flexibility index (Phi) is 6.09. The van der Waals surface area contributed by atoms with Crippen molar-refractivity contribution in [1.29, 1.82) is 0 Å². The third kappa shape index (κ3) is 4.39. The number of rotatable bonds is 8. The Morgan fingerprint density at radius 1 is 1.37 bits per heavy atom. The molecule has 4 nitrogen and oxygen atoms in total. The topological polar surface area (TPSA) is 45.5 Å². The smallest absolute Gasteiger partial charge is 0.337 e. The fourth-order valence-corrected chi connectivity index (χ4v) is 2.31. The number of carboxylic acids is 1. The average molecular weight is 266 g/mol. The standard InChI is InChI=1S/C15H26N2O2/c1-5-16(6-2)9-10-17-8-7-13(15(18)19)14(17)11-12(3)4/h7-8,12H,5-6,9-11H2,1-4H3,(H,18,19). The molecular weight excluding hydrogens is 240 g/mol. The molecule has 4 heteroatoms. The predicted octanol–water partition coefficient (Wildman–Crippen LogP) is 2.73. The summed E-state index contributed by atoms with van der Waals surface area (Å²) in [6.07, 6.45) is 2.72. The number of aromatic nitrogens is 1. The maximum atomic E-state index is 11.2. The van der Waals surface area contributed by atoms with Gasteiger partial charge in [0.2, 0.25) is 0 Å². The summed E-state index contributed by atoms with van der Waals surface area (Å²) in [4.78, 5) is 13.6. The molecule has 0 spiro atoms. The van der Waals surface area contributed by atoms with Gasteiger partial charge in [0.1, 0.15) is 0 Å². The van der Waals surface area contributed by atoms with E-state index in [1.165, 1.54) is 0 Å². The molecular formula is C15H26N2O2. The van der Waals surface area contributed by atoms with E-state index in [4.69, 9.17) is 0 Å². The van der Waals surface area contributed by atoms with Crippen LogP contribution in [0.25, 0.3) is 0 Å². The molecule has 1 aromatic heterocycles. The Bertz CT molecular complexity index is 406. The number of likely N-dealkylation sites (N-methyl/N-ethyl adjacent to an activating group) is 1. The van der Waals surface area contributed by atoms with Gasteiger partial charge in [-0.25, -0.2) is 4.79 Å².